The second kappa shape index (κ2) is 14.8. The van der Waals surface area contributed by atoms with Crippen LogP contribution in [-0.2, 0) is 19.6 Å². The van der Waals surface area contributed by atoms with E-state index in [1.165, 1.54) is 12.8 Å². The number of hydrogen-bond acceptors (Lipinski definition) is 10. The number of benzene rings is 1. The van der Waals surface area contributed by atoms with E-state index in [-0.39, 0.29) is 32.6 Å². The number of likely N-dealkylation sites (N-methyl/N-ethyl adjacent to an activating group) is 1. The van der Waals surface area contributed by atoms with E-state index in [2.05, 4.69) is 37.4 Å². The monoisotopic (exact) mass is 643 g/mol. The molecule has 238 valence electrons. The third-order valence-corrected chi connectivity index (χ3v) is 8.97. The van der Waals surface area contributed by atoms with E-state index in [9.17, 15) is 9.90 Å². The van der Waals surface area contributed by atoms with Gasteiger partial charge in [-0.1, -0.05) is 17.7 Å². The molecule has 6 rings (SSSR count). The van der Waals surface area contributed by atoms with Crippen LogP contribution in [0.2, 0.25) is 5.02 Å². The standard InChI is InChI=1S/C31H40ClN7O4.H2S/c1-37-9-11-39(12-10-37)29-14-22(13-28(36-29)35-23-3-2-4-23)31(41)34-15-24(40)18-38-8-7-26-21(17-38)5-6-27(30(26)32)42-19-25-16-33-20-43-25;/h5-6,13-14,16,20,23-24,40H,2-4,7-12,15,17-19H2,1H3,(H,34,41)(H,35,36);1H2/t24-;/m0./s1. The molecule has 44 heavy (non-hydrogen) atoms. The molecule has 1 aromatic carbocycles. The number of piperazine rings is 1. The number of hydrogen-bond donors (Lipinski definition) is 3. The van der Waals surface area contributed by atoms with E-state index in [4.69, 9.17) is 25.7 Å². The van der Waals surface area contributed by atoms with Crippen molar-refractivity contribution in [1.29, 1.82) is 0 Å². The van der Waals surface area contributed by atoms with Crippen LogP contribution in [0.1, 0.15) is 46.5 Å². The number of carbonyl (C=O) groups is 1. The van der Waals surface area contributed by atoms with E-state index >= 15 is 0 Å². The Hall–Kier alpha value is -3.03. The zero-order valence-electron chi connectivity index (χ0n) is 25.1. The molecule has 1 saturated carbocycles. The number of β-amino-alcohol motifs (C(OH)–C–C–N with tert-alkyl or cyclic N) is 1. The molecule has 11 nitrogen and oxygen atoms in total. The fourth-order valence-corrected chi connectivity index (χ4v) is 6.07. The lowest BCUT2D eigenvalue weighted by Gasteiger charge is -2.34. The van der Waals surface area contributed by atoms with Gasteiger partial charge in [0.05, 0.1) is 17.3 Å². The summed E-state index contributed by atoms with van der Waals surface area (Å²) in [7, 11) is 2.12. The Morgan fingerprint density at radius 3 is 2.75 bits per heavy atom. The molecule has 3 N–H and O–H groups in total. The molecule has 1 amide bonds. The van der Waals surface area contributed by atoms with Gasteiger partial charge in [0.25, 0.3) is 5.91 Å². The number of aliphatic hydroxyl groups excluding tert-OH is 1. The predicted octanol–water partition coefficient (Wildman–Crippen LogP) is 3.28. The van der Waals surface area contributed by atoms with Gasteiger partial charge >= 0.3 is 0 Å². The minimum atomic E-state index is -0.711. The number of amides is 1. The maximum atomic E-state index is 13.3. The summed E-state index contributed by atoms with van der Waals surface area (Å²) in [6.07, 6.45) is 6.49. The number of nitrogens with one attached hydrogen (secondary N) is 2. The number of carbonyl (C=O) groups excluding carboxylic acids is 1. The largest absolute Gasteiger partial charge is 0.484 e. The van der Waals surface area contributed by atoms with Crippen molar-refractivity contribution >= 4 is 42.6 Å². The first-order valence-corrected chi connectivity index (χ1v) is 15.5. The number of nitrogens with zero attached hydrogens (tertiary/aromatic N) is 5. The summed E-state index contributed by atoms with van der Waals surface area (Å²) in [6.45, 7) is 5.94. The van der Waals surface area contributed by atoms with Crippen molar-refractivity contribution in [3.8, 4) is 5.75 Å². The molecule has 2 aliphatic heterocycles. The molecular formula is C31H42ClN7O4S. The van der Waals surface area contributed by atoms with E-state index in [1.54, 1.807) is 6.20 Å². The van der Waals surface area contributed by atoms with Gasteiger partial charge < -0.3 is 34.7 Å². The van der Waals surface area contributed by atoms with E-state index < -0.39 is 6.10 Å². The van der Waals surface area contributed by atoms with Crippen molar-refractivity contribution in [2.24, 2.45) is 0 Å². The highest BCUT2D eigenvalue weighted by Gasteiger charge is 2.24. The van der Waals surface area contributed by atoms with Crippen LogP contribution in [0.25, 0.3) is 0 Å². The summed E-state index contributed by atoms with van der Waals surface area (Å²) in [5.74, 6) is 2.60. The first-order valence-electron chi connectivity index (χ1n) is 15.1. The van der Waals surface area contributed by atoms with Gasteiger partial charge in [0.15, 0.2) is 12.2 Å². The van der Waals surface area contributed by atoms with Gasteiger partial charge in [-0.25, -0.2) is 9.97 Å². The van der Waals surface area contributed by atoms with Crippen LogP contribution in [0.4, 0.5) is 11.6 Å². The maximum Gasteiger partial charge on any atom is 0.251 e. The van der Waals surface area contributed by atoms with Gasteiger partial charge in [-0.2, -0.15) is 13.5 Å². The molecule has 0 bridgehead atoms. The highest BCUT2D eigenvalue weighted by Crippen LogP contribution is 2.34. The Morgan fingerprint density at radius 1 is 1.20 bits per heavy atom. The minimum absolute atomic E-state index is 0. The number of ether oxygens (including phenoxy) is 1. The molecule has 0 radical (unpaired) electrons. The van der Waals surface area contributed by atoms with Crippen LogP contribution < -0.4 is 20.3 Å². The van der Waals surface area contributed by atoms with Gasteiger partial charge in [0, 0.05) is 64.0 Å². The third-order valence-electron chi connectivity index (χ3n) is 8.56. The lowest BCUT2D eigenvalue weighted by atomic mass is 9.93. The van der Waals surface area contributed by atoms with Crippen molar-refractivity contribution in [3.05, 3.63) is 64.3 Å². The zero-order chi connectivity index (χ0) is 29.8. The van der Waals surface area contributed by atoms with Crippen LogP contribution in [0.3, 0.4) is 0 Å². The summed E-state index contributed by atoms with van der Waals surface area (Å²) >= 11 is 6.68. The van der Waals surface area contributed by atoms with Gasteiger partial charge in [-0.3, -0.25) is 9.69 Å². The molecule has 3 aromatic rings. The van der Waals surface area contributed by atoms with Crippen LogP contribution >= 0.6 is 25.1 Å². The number of halogens is 1. The SMILES string of the molecule is CN1CCN(c2cc(C(=O)NC[C@H](O)CN3CCc4c(ccc(OCc5cnco5)c4Cl)C3)cc(NC3CCC3)n2)CC1.S. The third kappa shape index (κ3) is 7.97. The second-order valence-electron chi connectivity index (χ2n) is 11.8. The van der Waals surface area contributed by atoms with Gasteiger partial charge in [-0.05, 0) is 62.1 Å². The summed E-state index contributed by atoms with van der Waals surface area (Å²) in [6, 6.07) is 8.00. The molecule has 1 aliphatic carbocycles. The molecule has 2 aromatic heterocycles. The number of aromatic nitrogens is 2. The molecule has 13 heteroatoms. The van der Waals surface area contributed by atoms with Crippen LogP contribution in [-0.4, -0.2) is 95.8 Å². The van der Waals surface area contributed by atoms with Crippen molar-refractivity contribution in [2.75, 3.05) is 63.1 Å². The van der Waals surface area contributed by atoms with Crippen molar-refractivity contribution < 1.29 is 19.1 Å². The topological polar surface area (TPSA) is 119 Å². The number of aliphatic hydroxyl groups is 1. The Bertz CT molecular complexity index is 1400. The van der Waals surface area contributed by atoms with Crippen LogP contribution in [0.15, 0.2) is 41.3 Å². The fourth-order valence-electron chi connectivity index (χ4n) is 5.73. The highest BCUT2D eigenvalue weighted by atomic mass is 35.5. The lowest BCUT2D eigenvalue weighted by molar-refractivity contribution is 0.0841. The number of fused-ring (bicyclic) bond motifs is 1. The Kier molecular flexibility index (Phi) is 10.9. The molecule has 3 aliphatic rings. The Balaban J connectivity index is 0.00000384. The van der Waals surface area contributed by atoms with Crippen molar-refractivity contribution in [3.63, 3.8) is 0 Å². The normalized spacial score (nSPS) is 18.1. The summed E-state index contributed by atoms with van der Waals surface area (Å²) in [4.78, 5) is 28.7. The summed E-state index contributed by atoms with van der Waals surface area (Å²) in [5, 5.41) is 17.9. The minimum Gasteiger partial charge on any atom is -0.484 e. The molecule has 4 heterocycles. The molecule has 0 unspecified atom stereocenters. The molecular weight excluding hydrogens is 602 g/mol. The van der Waals surface area contributed by atoms with E-state index in [0.29, 0.717) is 41.2 Å². The average molecular weight is 644 g/mol. The molecule has 1 atom stereocenters. The maximum absolute atomic E-state index is 13.3. The number of oxazole rings is 1. The molecule has 2 fully saturated rings. The average Bonchev–Trinajstić information content (AvgIpc) is 3.51. The zero-order valence-corrected chi connectivity index (χ0v) is 26.9. The van der Waals surface area contributed by atoms with Gasteiger partial charge in [-0.15, -0.1) is 0 Å². The molecule has 1 saturated heterocycles. The smallest absolute Gasteiger partial charge is 0.251 e. The van der Waals surface area contributed by atoms with Gasteiger partial charge in [0.1, 0.15) is 24.0 Å². The van der Waals surface area contributed by atoms with Crippen LogP contribution in [0.5, 0.6) is 5.75 Å². The van der Waals surface area contributed by atoms with Crippen LogP contribution in [0, 0.1) is 0 Å². The first-order chi connectivity index (χ1) is 20.9. The van der Waals surface area contributed by atoms with Gasteiger partial charge in [0.2, 0.25) is 0 Å². The number of rotatable bonds is 11. The summed E-state index contributed by atoms with van der Waals surface area (Å²) in [5.41, 5.74) is 2.73. The van der Waals surface area contributed by atoms with E-state index in [0.717, 1.165) is 74.7 Å². The number of pyridine rings is 1. The highest BCUT2D eigenvalue weighted by molar-refractivity contribution is 7.59. The fraction of sp³-hybridized carbons (Fsp3) is 0.516. The Labute approximate surface area is 270 Å². The summed E-state index contributed by atoms with van der Waals surface area (Å²) < 4.78 is 11.1. The van der Waals surface area contributed by atoms with Crippen molar-refractivity contribution in [1.82, 2.24) is 25.1 Å². The first kappa shape index (κ1) is 32.4. The molecule has 0 spiro atoms. The number of anilines is 2. The quantitative estimate of drug-likeness (QED) is 0.287. The second-order valence-corrected chi connectivity index (χ2v) is 12.2. The predicted molar refractivity (Wildman–Crippen MR) is 175 cm³/mol. The lowest BCUT2D eigenvalue weighted by Crippen LogP contribution is -2.45. The van der Waals surface area contributed by atoms with Crippen molar-refractivity contribution in [2.45, 2.75) is 51.0 Å². The Morgan fingerprint density at radius 2 is 2.02 bits per heavy atom. The van der Waals surface area contributed by atoms with E-state index in [1.807, 2.05) is 24.3 Å².